The maximum Gasteiger partial charge on any atom is 0.165 e. The number of para-hydroxylation sites is 1. The fourth-order valence-corrected chi connectivity index (χ4v) is 2.51. The van der Waals surface area contributed by atoms with Crippen LogP contribution in [0.4, 0.5) is 0 Å². The number of benzene rings is 1. The molecule has 1 fully saturated rings. The summed E-state index contributed by atoms with van der Waals surface area (Å²) in [5.74, 6) is 1.67. The van der Waals surface area contributed by atoms with Crippen LogP contribution in [-0.4, -0.2) is 44.8 Å². The van der Waals surface area contributed by atoms with Crippen molar-refractivity contribution < 1.29 is 9.47 Å². The van der Waals surface area contributed by atoms with Crippen LogP contribution in [0.25, 0.3) is 0 Å². The molecular formula is C15H24N2O2. The SMILES string of the molecule is CCCN(Cc1cccc(OC)c1OC)C1CNC1. The summed E-state index contributed by atoms with van der Waals surface area (Å²) in [6.45, 7) is 6.44. The molecule has 1 aliphatic rings. The predicted molar refractivity (Wildman–Crippen MR) is 76.9 cm³/mol. The van der Waals surface area contributed by atoms with Crippen molar-refractivity contribution in [1.82, 2.24) is 10.2 Å². The third kappa shape index (κ3) is 3.19. The first kappa shape index (κ1) is 14.2. The summed E-state index contributed by atoms with van der Waals surface area (Å²) < 4.78 is 10.9. The lowest BCUT2D eigenvalue weighted by Crippen LogP contribution is -2.56. The summed E-state index contributed by atoms with van der Waals surface area (Å²) in [6.07, 6.45) is 1.17. The highest BCUT2D eigenvalue weighted by Crippen LogP contribution is 2.32. The lowest BCUT2D eigenvalue weighted by molar-refractivity contribution is 0.136. The molecular weight excluding hydrogens is 240 g/mol. The van der Waals surface area contributed by atoms with E-state index in [4.69, 9.17) is 9.47 Å². The van der Waals surface area contributed by atoms with E-state index in [2.05, 4.69) is 23.2 Å². The second kappa shape index (κ2) is 6.78. The van der Waals surface area contributed by atoms with E-state index in [0.29, 0.717) is 6.04 Å². The van der Waals surface area contributed by atoms with Crippen molar-refractivity contribution in [3.05, 3.63) is 23.8 Å². The Hall–Kier alpha value is -1.26. The van der Waals surface area contributed by atoms with Crippen molar-refractivity contribution in [3.8, 4) is 11.5 Å². The van der Waals surface area contributed by atoms with Gasteiger partial charge in [-0.25, -0.2) is 0 Å². The molecule has 4 nitrogen and oxygen atoms in total. The topological polar surface area (TPSA) is 33.7 Å². The molecule has 1 N–H and O–H groups in total. The molecule has 1 heterocycles. The monoisotopic (exact) mass is 264 g/mol. The van der Waals surface area contributed by atoms with E-state index in [1.807, 2.05) is 12.1 Å². The first-order valence-electron chi connectivity index (χ1n) is 6.94. The van der Waals surface area contributed by atoms with E-state index in [1.165, 1.54) is 12.0 Å². The zero-order valence-corrected chi connectivity index (χ0v) is 12.1. The second-order valence-electron chi connectivity index (χ2n) is 4.94. The third-order valence-corrected chi connectivity index (χ3v) is 3.65. The Labute approximate surface area is 115 Å². The summed E-state index contributed by atoms with van der Waals surface area (Å²) in [4.78, 5) is 2.52. The number of nitrogens with one attached hydrogen (secondary N) is 1. The van der Waals surface area contributed by atoms with E-state index in [9.17, 15) is 0 Å². The molecule has 0 atom stereocenters. The van der Waals surface area contributed by atoms with E-state index in [1.54, 1.807) is 14.2 Å². The summed E-state index contributed by atoms with van der Waals surface area (Å²) in [7, 11) is 3.39. The van der Waals surface area contributed by atoms with Gasteiger partial charge in [0.1, 0.15) is 0 Å². The first-order valence-corrected chi connectivity index (χ1v) is 6.94. The molecule has 2 rings (SSSR count). The Morgan fingerprint density at radius 1 is 1.26 bits per heavy atom. The molecule has 0 unspecified atom stereocenters. The van der Waals surface area contributed by atoms with Gasteiger partial charge in [-0.3, -0.25) is 4.90 Å². The van der Waals surface area contributed by atoms with Crippen LogP contribution < -0.4 is 14.8 Å². The van der Waals surface area contributed by atoms with Gasteiger partial charge < -0.3 is 14.8 Å². The Bertz CT molecular complexity index is 405. The highest BCUT2D eigenvalue weighted by molar-refractivity contribution is 5.46. The van der Waals surface area contributed by atoms with E-state index in [-0.39, 0.29) is 0 Å². The third-order valence-electron chi connectivity index (χ3n) is 3.65. The van der Waals surface area contributed by atoms with Crippen LogP contribution in [0.3, 0.4) is 0 Å². The number of ether oxygens (including phenoxy) is 2. The van der Waals surface area contributed by atoms with Crippen LogP contribution in [-0.2, 0) is 6.54 Å². The summed E-state index contributed by atoms with van der Waals surface area (Å²) in [6, 6.07) is 6.74. The van der Waals surface area contributed by atoms with Crippen LogP contribution in [0, 0.1) is 0 Å². The molecule has 106 valence electrons. The molecule has 4 heteroatoms. The number of nitrogens with zero attached hydrogens (tertiary/aromatic N) is 1. The van der Waals surface area contributed by atoms with E-state index in [0.717, 1.165) is 37.7 Å². The van der Waals surface area contributed by atoms with Gasteiger partial charge in [0.05, 0.1) is 14.2 Å². The van der Waals surface area contributed by atoms with Crippen LogP contribution in [0.2, 0.25) is 0 Å². The molecule has 0 spiro atoms. The molecule has 0 saturated carbocycles. The Morgan fingerprint density at radius 2 is 2.05 bits per heavy atom. The Morgan fingerprint density at radius 3 is 2.58 bits per heavy atom. The average Bonchev–Trinajstić information content (AvgIpc) is 2.36. The Balaban J connectivity index is 2.15. The molecule has 0 amide bonds. The van der Waals surface area contributed by atoms with Gasteiger partial charge in [0.25, 0.3) is 0 Å². The molecule has 1 aromatic rings. The van der Waals surface area contributed by atoms with Crippen LogP contribution in [0.5, 0.6) is 11.5 Å². The van der Waals surface area contributed by atoms with Crippen molar-refractivity contribution in [3.63, 3.8) is 0 Å². The maximum atomic E-state index is 5.51. The van der Waals surface area contributed by atoms with E-state index >= 15 is 0 Å². The van der Waals surface area contributed by atoms with Gasteiger partial charge >= 0.3 is 0 Å². The molecule has 1 aliphatic heterocycles. The number of methoxy groups -OCH3 is 2. The molecule has 19 heavy (non-hydrogen) atoms. The highest BCUT2D eigenvalue weighted by atomic mass is 16.5. The maximum absolute atomic E-state index is 5.51. The van der Waals surface area contributed by atoms with Gasteiger partial charge in [0.2, 0.25) is 0 Å². The number of rotatable bonds is 7. The summed E-state index contributed by atoms with van der Waals surface area (Å²) >= 11 is 0. The van der Waals surface area contributed by atoms with Gasteiger partial charge in [-0.15, -0.1) is 0 Å². The van der Waals surface area contributed by atoms with Crippen LogP contribution in [0.1, 0.15) is 18.9 Å². The van der Waals surface area contributed by atoms with Crippen molar-refractivity contribution in [2.45, 2.75) is 25.9 Å². The lowest BCUT2D eigenvalue weighted by Gasteiger charge is -2.38. The zero-order valence-electron chi connectivity index (χ0n) is 12.1. The molecule has 0 radical (unpaired) electrons. The van der Waals surface area contributed by atoms with Crippen molar-refractivity contribution in [1.29, 1.82) is 0 Å². The summed E-state index contributed by atoms with van der Waals surface area (Å²) in [5, 5.41) is 3.34. The quantitative estimate of drug-likeness (QED) is 0.815. The standard InChI is InChI=1S/C15H24N2O2/c1-4-8-17(13-9-16-10-13)11-12-6-5-7-14(18-2)15(12)19-3/h5-7,13,16H,4,8-11H2,1-3H3. The Kier molecular flexibility index (Phi) is 5.05. The predicted octanol–water partition coefficient (Wildman–Crippen LogP) is 1.89. The van der Waals surface area contributed by atoms with Gasteiger partial charge in [-0.1, -0.05) is 19.1 Å². The van der Waals surface area contributed by atoms with Crippen molar-refractivity contribution >= 4 is 0 Å². The highest BCUT2D eigenvalue weighted by Gasteiger charge is 2.25. The van der Waals surface area contributed by atoms with Crippen molar-refractivity contribution in [2.24, 2.45) is 0 Å². The molecule has 0 aliphatic carbocycles. The molecule has 1 aromatic carbocycles. The minimum Gasteiger partial charge on any atom is -0.493 e. The normalized spacial score (nSPS) is 15.4. The lowest BCUT2D eigenvalue weighted by atomic mass is 10.1. The smallest absolute Gasteiger partial charge is 0.165 e. The zero-order chi connectivity index (χ0) is 13.7. The number of hydrogen-bond acceptors (Lipinski definition) is 4. The van der Waals surface area contributed by atoms with Gasteiger partial charge in [0, 0.05) is 31.2 Å². The van der Waals surface area contributed by atoms with Gasteiger partial charge in [-0.05, 0) is 19.0 Å². The van der Waals surface area contributed by atoms with Crippen molar-refractivity contribution in [2.75, 3.05) is 33.9 Å². The van der Waals surface area contributed by atoms with Gasteiger partial charge in [-0.2, -0.15) is 0 Å². The molecule has 0 bridgehead atoms. The second-order valence-corrected chi connectivity index (χ2v) is 4.94. The number of hydrogen-bond donors (Lipinski definition) is 1. The van der Waals surface area contributed by atoms with Gasteiger partial charge in [0.15, 0.2) is 11.5 Å². The molecule has 0 aromatic heterocycles. The minimum atomic E-state index is 0.649. The minimum absolute atomic E-state index is 0.649. The fraction of sp³-hybridized carbons (Fsp3) is 0.600. The largest absolute Gasteiger partial charge is 0.493 e. The molecule has 1 saturated heterocycles. The van der Waals surface area contributed by atoms with Crippen LogP contribution >= 0.6 is 0 Å². The first-order chi connectivity index (χ1) is 9.30. The van der Waals surface area contributed by atoms with Crippen LogP contribution in [0.15, 0.2) is 18.2 Å². The van der Waals surface area contributed by atoms with E-state index < -0.39 is 0 Å². The fourth-order valence-electron chi connectivity index (χ4n) is 2.51. The average molecular weight is 264 g/mol. The summed E-state index contributed by atoms with van der Waals surface area (Å²) in [5.41, 5.74) is 1.20.